The van der Waals surface area contributed by atoms with Crippen LogP contribution in [0.5, 0.6) is 0 Å². The average Bonchev–Trinajstić information content (AvgIpc) is 3.21. The predicted octanol–water partition coefficient (Wildman–Crippen LogP) is 13.1. The summed E-state index contributed by atoms with van der Waals surface area (Å²) in [4.78, 5) is 35.1. The third kappa shape index (κ3) is 42.8. The van der Waals surface area contributed by atoms with Gasteiger partial charge in [-0.05, 0) is 84.1 Å². The fourth-order valence-corrected chi connectivity index (χ4v) is 6.38. The number of hydrogen-bond acceptors (Lipinski definition) is 8. The van der Waals surface area contributed by atoms with E-state index in [0.29, 0.717) is 13.0 Å². The average molecular weight is 832 g/mol. The molecule has 0 fully saturated rings. The number of ether oxygens (including phenoxy) is 2. The fraction of sp³-hybridized carbons (Fsp3) is 0.667. The first-order valence-corrected chi connectivity index (χ1v) is 24.0. The van der Waals surface area contributed by atoms with E-state index in [-0.39, 0.29) is 26.1 Å². The highest BCUT2D eigenvalue weighted by atomic mass is 31.2. The summed E-state index contributed by atoms with van der Waals surface area (Å²) in [6.45, 7) is 4.00. The Morgan fingerprint density at radius 3 is 1.53 bits per heavy atom. The van der Waals surface area contributed by atoms with Gasteiger partial charge in [0, 0.05) is 19.4 Å². The first kappa shape index (κ1) is 55.2. The van der Waals surface area contributed by atoms with Crippen molar-refractivity contribution in [1.29, 1.82) is 0 Å². The van der Waals surface area contributed by atoms with Gasteiger partial charge in [0.25, 0.3) is 0 Å². The molecule has 2 N–H and O–H groups in total. The first-order chi connectivity index (χ1) is 28.3. The Labute approximate surface area is 354 Å². The Morgan fingerprint density at radius 2 is 1.02 bits per heavy atom. The number of phosphoric ester groups is 1. The number of carbonyl (C=O) groups is 2. The molecule has 10 heteroatoms. The molecule has 2 unspecified atom stereocenters. The van der Waals surface area contributed by atoms with Crippen LogP contribution >= 0.6 is 7.82 Å². The van der Waals surface area contributed by atoms with Crippen molar-refractivity contribution < 1.29 is 37.6 Å². The number of unbranched alkanes of at least 4 members (excludes halogenated alkanes) is 13. The SMILES string of the molecule is CC/C=C\C/C=C\C/C=C\C/C=C\C/C=C\C/C=C\CCC(=O)OC(COC(=O)CCCCCCCCC/C=C\CCCCCCCC)COP(=O)(O)OCCNC. The zero-order valence-electron chi connectivity index (χ0n) is 36.7. The van der Waals surface area contributed by atoms with Gasteiger partial charge in [0.05, 0.1) is 13.2 Å². The minimum Gasteiger partial charge on any atom is -0.462 e. The summed E-state index contributed by atoms with van der Waals surface area (Å²) in [6, 6.07) is 0. The van der Waals surface area contributed by atoms with Gasteiger partial charge in [-0.15, -0.1) is 0 Å². The topological polar surface area (TPSA) is 120 Å². The van der Waals surface area contributed by atoms with Gasteiger partial charge in [0.1, 0.15) is 6.61 Å². The second-order valence-electron chi connectivity index (χ2n) is 14.5. The van der Waals surface area contributed by atoms with Crippen molar-refractivity contribution in [1.82, 2.24) is 5.32 Å². The van der Waals surface area contributed by atoms with Gasteiger partial charge in [-0.2, -0.15) is 0 Å². The molecule has 0 saturated carbocycles. The lowest BCUT2D eigenvalue weighted by Crippen LogP contribution is -2.29. The summed E-state index contributed by atoms with van der Waals surface area (Å²) in [5.74, 6) is -0.915. The number of carbonyl (C=O) groups excluding carboxylic acids is 2. The van der Waals surface area contributed by atoms with Crippen LogP contribution in [0.2, 0.25) is 0 Å². The molecule has 0 rings (SSSR count). The molecule has 58 heavy (non-hydrogen) atoms. The quantitative estimate of drug-likeness (QED) is 0.0268. The van der Waals surface area contributed by atoms with Gasteiger partial charge in [0.2, 0.25) is 0 Å². The van der Waals surface area contributed by atoms with Crippen LogP contribution in [0.1, 0.15) is 168 Å². The van der Waals surface area contributed by atoms with Gasteiger partial charge in [0.15, 0.2) is 6.10 Å². The molecule has 0 heterocycles. The molecule has 0 aliphatic heterocycles. The van der Waals surface area contributed by atoms with Gasteiger partial charge in [-0.25, -0.2) is 4.57 Å². The van der Waals surface area contributed by atoms with Crippen molar-refractivity contribution >= 4 is 19.8 Å². The lowest BCUT2D eigenvalue weighted by atomic mass is 10.1. The minimum absolute atomic E-state index is 0.0353. The Morgan fingerprint density at radius 1 is 0.552 bits per heavy atom. The smallest absolute Gasteiger partial charge is 0.462 e. The van der Waals surface area contributed by atoms with Gasteiger partial charge in [-0.1, -0.05) is 163 Å². The maximum atomic E-state index is 12.6. The van der Waals surface area contributed by atoms with Crippen LogP contribution in [0.15, 0.2) is 85.1 Å². The molecule has 0 aliphatic rings. The van der Waals surface area contributed by atoms with E-state index in [1.54, 1.807) is 7.05 Å². The van der Waals surface area contributed by atoms with Gasteiger partial charge >= 0.3 is 19.8 Å². The predicted molar refractivity (Wildman–Crippen MR) is 243 cm³/mol. The molecule has 0 spiro atoms. The molecule has 0 saturated heterocycles. The molecule has 9 nitrogen and oxygen atoms in total. The van der Waals surface area contributed by atoms with E-state index < -0.39 is 32.5 Å². The van der Waals surface area contributed by atoms with E-state index in [2.05, 4.69) is 92.1 Å². The van der Waals surface area contributed by atoms with Crippen LogP contribution in [0.4, 0.5) is 0 Å². The highest BCUT2D eigenvalue weighted by Gasteiger charge is 2.26. The highest BCUT2D eigenvalue weighted by molar-refractivity contribution is 7.47. The van der Waals surface area contributed by atoms with E-state index in [1.165, 1.54) is 64.2 Å². The molecule has 332 valence electrons. The number of nitrogens with one attached hydrogen (secondary N) is 1. The Kier molecular flexibility index (Phi) is 41.6. The lowest BCUT2D eigenvalue weighted by molar-refractivity contribution is -0.161. The molecule has 0 aromatic rings. The molecular formula is C48H82NO8P. The maximum absolute atomic E-state index is 12.6. The summed E-state index contributed by atoms with van der Waals surface area (Å²) in [5, 5.41) is 2.81. The number of allylic oxidation sites excluding steroid dienone is 14. The van der Waals surface area contributed by atoms with Crippen molar-refractivity contribution in [2.75, 3.05) is 33.4 Å². The number of phosphoric acid groups is 1. The van der Waals surface area contributed by atoms with Crippen molar-refractivity contribution in [3.8, 4) is 0 Å². The molecule has 0 radical (unpaired) electrons. The molecule has 0 bridgehead atoms. The van der Waals surface area contributed by atoms with Crippen LogP contribution in [-0.2, 0) is 32.7 Å². The van der Waals surface area contributed by atoms with E-state index in [4.69, 9.17) is 18.5 Å². The molecule has 0 aromatic heterocycles. The minimum atomic E-state index is -4.38. The molecular weight excluding hydrogens is 750 g/mol. The third-order valence-electron chi connectivity index (χ3n) is 9.01. The number of hydrogen-bond donors (Lipinski definition) is 2. The summed E-state index contributed by atoms with van der Waals surface area (Å²) in [7, 11) is -2.69. The van der Waals surface area contributed by atoms with Crippen LogP contribution in [0.25, 0.3) is 0 Å². The van der Waals surface area contributed by atoms with Crippen molar-refractivity contribution in [3.05, 3.63) is 85.1 Å². The van der Waals surface area contributed by atoms with E-state index in [0.717, 1.165) is 70.6 Å². The second-order valence-corrected chi connectivity index (χ2v) is 15.9. The van der Waals surface area contributed by atoms with Crippen molar-refractivity contribution in [2.45, 2.75) is 174 Å². The zero-order chi connectivity index (χ0) is 42.5. The van der Waals surface area contributed by atoms with E-state index in [1.807, 2.05) is 12.2 Å². The summed E-state index contributed by atoms with van der Waals surface area (Å²) < 4.78 is 33.1. The summed E-state index contributed by atoms with van der Waals surface area (Å²) in [6.07, 6.45) is 53.6. The van der Waals surface area contributed by atoms with Crippen LogP contribution in [-0.4, -0.2) is 56.3 Å². The van der Waals surface area contributed by atoms with Gasteiger partial charge in [-0.3, -0.25) is 18.6 Å². The van der Waals surface area contributed by atoms with Crippen molar-refractivity contribution in [3.63, 3.8) is 0 Å². The van der Waals surface area contributed by atoms with Crippen molar-refractivity contribution in [2.24, 2.45) is 0 Å². The fourth-order valence-electron chi connectivity index (χ4n) is 5.63. The number of likely N-dealkylation sites (N-methyl/N-ethyl adjacent to an activating group) is 1. The van der Waals surface area contributed by atoms with E-state index >= 15 is 0 Å². The highest BCUT2D eigenvalue weighted by Crippen LogP contribution is 2.43. The van der Waals surface area contributed by atoms with E-state index in [9.17, 15) is 19.0 Å². The molecule has 0 amide bonds. The summed E-state index contributed by atoms with van der Waals surface area (Å²) >= 11 is 0. The molecule has 2 atom stereocenters. The lowest BCUT2D eigenvalue weighted by Gasteiger charge is -2.19. The third-order valence-corrected chi connectivity index (χ3v) is 10.00. The van der Waals surface area contributed by atoms with Crippen LogP contribution in [0.3, 0.4) is 0 Å². The Balaban J connectivity index is 4.35. The molecule has 0 aromatic carbocycles. The Hall–Kier alpha value is -2.81. The Bertz CT molecular complexity index is 1220. The monoisotopic (exact) mass is 832 g/mol. The van der Waals surface area contributed by atoms with Gasteiger partial charge < -0.3 is 19.7 Å². The standard InChI is InChI=1S/C48H82NO8P/c1-4-6-8-10-12-14-16-18-20-22-23-25-27-29-31-33-35-37-39-41-48(51)57-46(45-56-58(52,53)55-43-42-49-3)44-54-47(50)40-38-36-34-32-30-28-26-24-21-19-17-15-13-11-9-7-5-2/h6,8,12,14,18-21,23,25,29,31,35,37,46,49H,4-5,7,9-11,13,15-17,22,24,26-28,30,32-34,36,38-45H2,1-3H3,(H,52,53)/b8-6-,14-12-,20-18-,21-19-,25-23-,31-29-,37-35-. The largest absolute Gasteiger partial charge is 0.472 e. The van der Waals surface area contributed by atoms with Crippen LogP contribution in [0, 0.1) is 0 Å². The summed E-state index contributed by atoms with van der Waals surface area (Å²) in [5.41, 5.74) is 0. The maximum Gasteiger partial charge on any atom is 0.472 e. The zero-order valence-corrected chi connectivity index (χ0v) is 37.6. The normalized spacial score (nSPS) is 14.1. The number of esters is 2. The van der Waals surface area contributed by atoms with Crippen LogP contribution < -0.4 is 5.32 Å². The molecule has 0 aliphatic carbocycles. The number of rotatable bonds is 41. The second kappa shape index (κ2) is 43.8. The first-order valence-electron chi connectivity index (χ1n) is 22.5.